The number of thioether (sulfide) groups is 1. The highest BCUT2D eigenvalue weighted by atomic mass is 32.2. The number of para-hydroxylation sites is 2. The zero-order chi connectivity index (χ0) is 13.2. The summed E-state index contributed by atoms with van der Waals surface area (Å²) in [5, 5.41) is 0.767. The van der Waals surface area contributed by atoms with Crippen LogP contribution in [0.2, 0.25) is 0 Å². The Labute approximate surface area is 114 Å². The summed E-state index contributed by atoms with van der Waals surface area (Å²) < 4.78 is 13.6. The van der Waals surface area contributed by atoms with Crippen LogP contribution >= 0.6 is 11.8 Å². The first kappa shape index (κ1) is 12.0. The molecule has 3 nitrogen and oxygen atoms in total. The summed E-state index contributed by atoms with van der Waals surface area (Å²) in [6.07, 6.45) is 0. The fourth-order valence-electron chi connectivity index (χ4n) is 1.87. The molecule has 0 fully saturated rings. The SMILES string of the molecule is Nc1cccc(F)c1CSc1nc2ccccc2[nH]1. The van der Waals surface area contributed by atoms with Gasteiger partial charge in [0.2, 0.25) is 0 Å². The number of hydrogen-bond donors (Lipinski definition) is 2. The van der Waals surface area contributed by atoms with E-state index in [1.807, 2.05) is 24.3 Å². The van der Waals surface area contributed by atoms with Crippen LogP contribution in [0.4, 0.5) is 10.1 Å². The Morgan fingerprint density at radius 1 is 1.16 bits per heavy atom. The fraction of sp³-hybridized carbons (Fsp3) is 0.0714. The van der Waals surface area contributed by atoms with Crippen LogP contribution in [-0.2, 0) is 5.75 Å². The average molecular weight is 273 g/mol. The number of nitrogens with two attached hydrogens (primary N) is 1. The molecule has 0 bridgehead atoms. The molecule has 0 saturated heterocycles. The number of nitrogen functional groups attached to an aromatic ring is 1. The van der Waals surface area contributed by atoms with E-state index in [9.17, 15) is 4.39 Å². The first-order chi connectivity index (χ1) is 9.24. The third-order valence-corrected chi connectivity index (χ3v) is 3.78. The highest BCUT2D eigenvalue weighted by Crippen LogP contribution is 2.26. The Hall–Kier alpha value is -2.01. The third kappa shape index (κ3) is 2.42. The Kier molecular flexibility index (Phi) is 3.13. The number of aromatic amines is 1. The maximum Gasteiger partial charge on any atom is 0.166 e. The second kappa shape index (κ2) is 4.93. The summed E-state index contributed by atoms with van der Waals surface area (Å²) in [5.74, 6) is 0.182. The van der Waals surface area contributed by atoms with Crippen LogP contribution in [0.5, 0.6) is 0 Å². The largest absolute Gasteiger partial charge is 0.398 e. The lowest BCUT2D eigenvalue weighted by Gasteiger charge is -2.04. The standard InChI is InChI=1S/C14H12FN3S/c15-10-4-3-5-11(16)9(10)8-19-14-17-12-6-1-2-7-13(12)18-14/h1-7H,8,16H2,(H,17,18). The van der Waals surface area contributed by atoms with Gasteiger partial charge in [-0.15, -0.1) is 0 Å². The van der Waals surface area contributed by atoms with Crippen molar-refractivity contribution in [2.45, 2.75) is 10.9 Å². The minimum absolute atomic E-state index is 0.274. The van der Waals surface area contributed by atoms with Crippen molar-refractivity contribution in [2.75, 3.05) is 5.73 Å². The highest BCUT2D eigenvalue weighted by Gasteiger charge is 2.08. The molecule has 3 N–H and O–H groups in total. The maximum atomic E-state index is 13.6. The molecule has 0 spiro atoms. The van der Waals surface area contributed by atoms with Gasteiger partial charge in [0.05, 0.1) is 11.0 Å². The lowest BCUT2D eigenvalue weighted by molar-refractivity contribution is 0.618. The van der Waals surface area contributed by atoms with E-state index in [-0.39, 0.29) is 5.82 Å². The molecule has 0 amide bonds. The molecule has 0 aliphatic carbocycles. The minimum atomic E-state index is -0.274. The quantitative estimate of drug-likeness (QED) is 0.566. The molecule has 0 radical (unpaired) electrons. The number of halogens is 1. The monoisotopic (exact) mass is 273 g/mol. The fourth-order valence-corrected chi connectivity index (χ4v) is 2.80. The minimum Gasteiger partial charge on any atom is -0.398 e. The van der Waals surface area contributed by atoms with Crippen molar-refractivity contribution in [1.29, 1.82) is 0 Å². The Bertz CT molecular complexity index is 670. The predicted molar refractivity (Wildman–Crippen MR) is 76.5 cm³/mol. The van der Waals surface area contributed by atoms with Crippen molar-refractivity contribution in [1.82, 2.24) is 9.97 Å². The second-order valence-electron chi connectivity index (χ2n) is 4.16. The van der Waals surface area contributed by atoms with E-state index >= 15 is 0 Å². The molecule has 19 heavy (non-hydrogen) atoms. The van der Waals surface area contributed by atoms with Crippen LogP contribution in [-0.4, -0.2) is 9.97 Å². The van der Waals surface area contributed by atoms with Gasteiger partial charge in [-0.05, 0) is 24.3 Å². The normalized spacial score (nSPS) is 11.0. The van der Waals surface area contributed by atoms with Crippen molar-refractivity contribution in [2.24, 2.45) is 0 Å². The zero-order valence-corrected chi connectivity index (χ0v) is 10.9. The topological polar surface area (TPSA) is 54.7 Å². The number of aromatic nitrogens is 2. The number of benzene rings is 2. The molecule has 3 rings (SSSR count). The van der Waals surface area contributed by atoms with E-state index in [1.165, 1.54) is 17.8 Å². The van der Waals surface area contributed by atoms with Gasteiger partial charge in [-0.25, -0.2) is 9.37 Å². The van der Waals surface area contributed by atoms with Gasteiger partial charge in [-0.1, -0.05) is 30.0 Å². The van der Waals surface area contributed by atoms with Crippen LogP contribution in [0.15, 0.2) is 47.6 Å². The molecule has 0 saturated carbocycles. The molecule has 3 aromatic rings. The molecule has 0 unspecified atom stereocenters. The van der Waals surface area contributed by atoms with Crippen LogP contribution in [0.1, 0.15) is 5.56 Å². The molecule has 1 heterocycles. The van der Waals surface area contributed by atoms with E-state index in [0.29, 0.717) is 17.0 Å². The number of nitrogens with one attached hydrogen (secondary N) is 1. The molecule has 5 heteroatoms. The average Bonchev–Trinajstić information content (AvgIpc) is 2.81. The summed E-state index contributed by atoms with van der Waals surface area (Å²) >= 11 is 1.44. The number of imidazole rings is 1. The Balaban J connectivity index is 1.82. The number of nitrogens with zero attached hydrogens (tertiary/aromatic N) is 1. The van der Waals surface area contributed by atoms with Gasteiger partial charge in [-0.2, -0.15) is 0 Å². The van der Waals surface area contributed by atoms with E-state index in [4.69, 9.17) is 5.73 Å². The molecular weight excluding hydrogens is 261 g/mol. The zero-order valence-electron chi connectivity index (χ0n) is 10.1. The number of anilines is 1. The van der Waals surface area contributed by atoms with Crippen LogP contribution < -0.4 is 5.73 Å². The lowest BCUT2D eigenvalue weighted by atomic mass is 10.2. The van der Waals surface area contributed by atoms with Gasteiger partial charge < -0.3 is 10.7 Å². The summed E-state index contributed by atoms with van der Waals surface area (Å²) in [7, 11) is 0. The number of hydrogen-bond acceptors (Lipinski definition) is 3. The summed E-state index contributed by atoms with van der Waals surface area (Å²) in [5.41, 5.74) is 8.66. The van der Waals surface area contributed by atoms with Crippen LogP contribution in [0.25, 0.3) is 11.0 Å². The van der Waals surface area contributed by atoms with E-state index in [2.05, 4.69) is 9.97 Å². The Morgan fingerprint density at radius 2 is 2.00 bits per heavy atom. The summed E-state index contributed by atoms with van der Waals surface area (Å²) in [6, 6.07) is 12.5. The first-order valence-corrected chi connectivity index (χ1v) is 6.83. The lowest BCUT2D eigenvalue weighted by Crippen LogP contribution is -1.96. The number of H-pyrrole nitrogens is 1. The third-order valence-electron chi connectivity index (χ3n) is 2.88. The summed E-state index contributed by atoms with van der Waals surface area (Å²) in [4.78, 5) is 7.62. The first-order valence-electron chi connectivity index (χ1n) is 5.84. The van der Waals surface area contributed by atoms with Gasteiger partial charge in [0.15, 0.2) is 5.16 Å². The van der Waals surface area contributed by atoms with Gasteiger partial charge in [0, 0.05) is 17.0 Å². The number of rotatable bonds is 3. The van der Waals surface area contributed by atoms with E-state index in [0.717, 1.165) is 16.2 Å². The molecule has 0 aliphatic rings. The number of fused-ring (bicyclic) bond motifs is 1. The highest BCUT2D eigenvalue weighted by molar-refractivity contribution is 7.98. The molecule has 96 valence electrons. The van der Waals surface area contributed by atoms with Crippen molar-refractivity contribution in [3.05, 3.63) is 53.8 Å². The van der Waals surface area contributed by atoms with Crippen molar-refractivity contribution < 1.29 is 4.39 Å². The molecule has 1 aromatic heterocycles. The molecule has 2 aromatic carbocycles. The van der Waals surface area contributed by atoms with Crippen molar-refractivity contribution in [3.8, 4) is 0 Å². The van der Waals surface area contributed by atoms with Gasteiger partial charge in [0.1, 0.15) is 5.82 Å². The van der Waals surface area contributed by atoms with Gasteiger partial charge in [0.25, 0.3) is 0 Å². The second-order valence-corrected chi connectivity index (χ2v) is 5.12. The smallest absolute Gasteiger partial charge is 0.166 e. The van der Waals surface area contributed by atoms with Gasteiger partial charge >= 0.3 is 0 Å². The van der Waals surface area contributed by atoms with Crippen molar-refractivity contribution >= 4 is 28.5 Å². The molecular formula is C14H12FN3S. The Morgan fingerprint density at radius 3 is 2.79 bits per heavy atom. The van der Waals surface area contributed by atoms with E-state index < -0.39 is 0 Å². The predicted octanol–water partition coefficient (Wildman–Crippen LogP) is 3.58. The maximum absolute atomic E-state index is 13.6. The van der Waals surface area contributed by atoms with Crippen molar-refractivity contribution in [3.63, 3.8) is 0 Å². The molecule has 0 atom stereocenters. The molecule has 0 aliphatic heterocycles. The summed E-state index contributed by atoms with van der Waals surface area (Å²) in [6.45, 7) is 0. The van der Waals surface area contributed by atoms with Gasteiger partial charge in [-0.3, -0.25) is 0 Å². The van der Waals surface area contributed by atoms with Crippen LogP contribution in [0, 0.1) is 5.82 Å². The van der Waals surface area contributed by atoms with Crippen LogP contribution in [0.3, 0.4) is 0 Å². The van der Waals surface area contributed by atoms with E-state index in [1.54, 1.807) is 12.1 Å².